The molecular formula is C15H15NO4S. The van der Waals surface area contributed by atoms with Crippen LogP contribution in [0.15, 0.2) is 41.4 Å². The van der Waals surface area contributed by atoms with Gasteiger partial charge in [0.15, 0.2) is 15.6 Å². The van der Waals surface area contributed by atoms with Crippen LogP contribution in [0.2, 0.25) is 0 Å². The number of nitrogens with zero attached hydrogens (tertiary/aromatic N) is 1. The summed E-state index contributed by atoms with van der Waals surface area (Å²) in [6, 6.07) is 7.69. The second kappa shape index (κ2) is 5.65. The third kappa shape index (κ3) is 3.46. The Bertz CT molecular complexity index is 797. The zero-order valence-electron chi connectivity index (χ0n) is 12.0. The highest BCUT2D eigenvalue weighted by atomic mass is 32.2. The van der Waals surface area contributed by atoms with Crippen molar-refractivity contribution in [3.63, 3.8) is 0 Å². The summed E-state index contributed by atoms with van der Waals surface area (Å²) in [6.45, 7) is 3.15. The van der Waals surface area contributed by atoms with E-state index in [-0.39, 0.29) is 16.2 Å². The molecule has 21 heavy (non-hydrogen) atoms. The van der Waals surface area contributed by atoms with Crippen molar-refractivity contribution in [3.8, 4) is 11.5 Å². The Morgan fingerprint density at radius 3 is 2.48 bits per heavy atom. The molecule has 0 unspecified atom stereocenters. The van der Waals surface area contributed by atoms with Gasteiger partial charge in [-0.25, -0.2) is 8.42 Å². The van der Waals surface area contributed by atoms with Crippen LogP contribution in [0.3, 0.4) is 0 Å². The van der Waals surface area contributed by atoms with Gasteiger partial charge in [0.2, 0.25) is 0 Å². The van der Waals surface area contributed by atoms with Crippen molar-refractivity contribution in [3.05, 3.63) is 47.8 Å². The number of benzene rings is 1. The van der Waals surface area contributed by atoms with Gasteiger partial charge in [0, 0.05) is 12.5 Å². The highest BCUT2D eigenvalue weighted by Gasteiger charge is 2.15. The molecule has 0 N–H and O–H groups in total. The Morgan fingerprint density at radius 2 is 1.90 bits per heavy atom. The molecule has 0 fully saturated rings. The maximum atomic E-state index is 11.7. The van der Waals surface area contributed by atoms with Crippen molar-refractivity contribution in [2.24, 2.45) is 0 Å². The van der Waals surface area contributed by atoms with E-state index in [0.717, 1.165) is 6.26 Å². The van der Waals surface area contributed by atoms with Crippen LogP contribution in [-0.2, 0) is 9.84 Å². The molecule has 0 radical (unpaired) electrons. The highest BCUT2D eigenvalue weighted by Crippen LogP contribution is 2.29. The quantitative estimate of drug-likeness (QED) is 0.812. The van der Waals surface area contributed by atoms with Crippen LogP contribution >= 0.6 is 0 Å². The molecule has 0 aliphatic rings. The van der Waals surface area contributed by atoms with Gasteiger partial charge >= 0.3 is 0 Å². The summed E-state index contributed by atoms with van der Waals surface area (Å²) in [5.41, 5.74) is 0.903. The number of aromatic nitrogens is 1. The SMILES string of the molecule is CC(=O)c1cc(S(C)(=O)=O)ccc1Oc1cccnc1C. The summed E-state index contributed by atoms with van der Waals surface area (Å²) in [5.74, 6) is 0.565. The molecule has 2 aromatic rings. The number of ketones is 1. The van der Waals surface area contributed by atoms with Crippen LogP contribution in [0.1, 0.15) is 23.0 Å². The van der Waals surface area contributed by atoms with Crippen molar-refractivity contribution in [1.29, 1.82) is 0 Å². The molecule has 0 aliphatic heterocycles. The lowest BCUT2D eigenvalue weighted by Gasteiger charge is -2.12. The van der Waals surface area contributed by atoms with Gasteiger partial charge in [0.1, 0.15) is 11.5 Å². The number of carbonyl (C=O) groups is 1. The number of hydrogen-bond acceptors (Lipinski definition) is 5. The summed E-state index contributed by atoms with van der Waals surface area (Å²) < 4.78 is 28.8. The molecular weight excluding hydrogens is 290 g/mol. The maximum absolute atomic E-state index is 11.7. The molecule has 6 heteroatoms. The zero-order valence-corrected chi connectivity index (χ0v) is 12.8. The van der Waals surface area contributed by atoms with Gasteiger partial charge < -0.3 is 4.74 Å². The second-order valence-corrected chi connectivity index (χ2v) is 6.69. The summed E-state index contributed by atoms with van der Waals surface area (Å²) in [4.78, 5) is 15.9. The summed E-state index contributed by atoms with van der Waals surface area (Å²) in [5, 5.41) is 0. The van der Waals surface area contributed by atoms with E-state index in [1.807, 2.05) is 0 Å². The van der Waals surface area contributed by atoms with Crippen LogP contribution in [0.5, 0.6) is 11.5 Å². The van der Waals surface area contributed by atoms with E-state index >= 15 is 0 Å². The van der Waals surface area contributed by atoms with E-state index < -0.39 is 9.84 Å². The number of rotatable bonds is 4. The van der Waals surface area contributed by atoms with Crippen molar-refractivity contribution in [1.82, 2.24) is 4.98 Å². The molecule has 5 nitrogen and oxygen atoms in total. The average Bonchev–Trinajstić information content (AvgIpc) is 2.40. The van der Waals surface area contributed by atoms with Crippen molar-refractivity contribution < 1.29 is 17.9 Å². The Balaban J connectivity index is 2.50. The van der Waals surface area contributed by atoms with E-state index in [9.17, 15) is 13.2 Å². The Kier molecular flexibility index (Phi) is 4.09. The van der Waals surface area contributed by atoms with Crippen LogP contribution in [-0.4, -0.2) is 25.4 Å². The molecule has 1 aromatic carbocycles. The molecule has 0 atom stereocenters. The van der Waals surface area contributed by atoms with Gasteiger partial charge in [-0.3, -0.25) is 9.78 Å². The van der Waals surface area contributed by atoms with Gasteiger partial charge in [-0.2, -0.15) is 0 Å². The van der Waals surface area contributed by atoms with E-state index in [1.54, 1.807) is 25.3 Å². The second-order valence-electron chi connectivity index (χ2n) is 4.68. The number of ether oxygens (including phenoxy) is 1. The van der Waals surface area contributed by atoms with Gasteiger partial charge in [-0.1, -0.05) is 0 Å². The summed E-state index contributed by atoms with van der Waals surface area (Å²) in [7, 11) is -3.38. The fraction of sp³-hybridized carbons (Fsp3) is 0.200. The lowest BCUT2D eigenvalue weighted by Crippen LogP contribution is -2.03. The first-order valence-corrected chi connectivity index (χ1v) is 8.12. The molecule has 1 aromatic heterocycles. The lowest BCUT2D eigenvalue weighted by molar-refractivity contribution is 0.101. The normalized spacial score (nSPS) is 11.2. The number of pyridine rings is 1. The predicted octanol–water partition coefficient (Wildman–Crippen LogP) is 2.79. The fourth-order valence-corrected chi connectivity index (χ4v) is 2.45. The van der Waals surface area contributed by atoms with Crippen LogP contribution < -0.4 is 4.74 Å². The molecule has 1 heterocycles. The monoisotopic (exact) mass is 305 g/mol. The summed E-state index contributed by atoms with van der Waals surface area (Å²) in [6.07, 6.45) is 2.73. The predicted molar refractivity (Wildman–Crippen MR) is 78.6 cm³/mol. The van der Waals surface area contributed by atoms with Crippen LogP contribution in [0.4, 0.5) is 0 Å². The molecule has 110 valence electrons. The lowest BCUT2D eigenvalue weighted by atomic mass is 10.1. The Hall–Kier alpha value is -2.21. The zero-order chi connectivity index (χ0) is 15.6. The standard InChI is InChI=1S/C15H15NO4S/c1-10-14(5-4-8-16-10)20-15-7-6-12(21(3,18)19)9-13(15)11(2)17/h4-9H,1-3H3. The minimum absolute atomic E-state index is 0.0861. The van der Waals surface area contributed by atoms with E-state index in [4.69, 9.17) is 4.74 Å². The van der Waals surface area contributed by atoms with E-state index in [2.05, 4.69) is 4.98 Å². The largest absolute Gasteiger partial charge is 0.455 e. The van der Waals surface area contributed by atoms with Crippen LogP contribution in [0, 0.1) is 6.92 Å². The molecule has 0 aliphatic carbocycles. The Morgan fingerprint density at radius 1 is 1.19 bits per heavy atom. The molecule has 2 rings (SSSR count). The molecule has 0 saturated carbocycles. The smallest absolute Gasteiger partial charge is 0.175 e. The third-order valence-corrected chi connectivity index (χ3v) is 4.05. The first kappa shape index (κ1) is 15.2. The molecule has 0 amide bonds. The van der Waals surface area contributed by atoms with Crippen LogP contribution in [0.25, 0.3) is 0 Å². The summed E-state index contributed by atoms with van der Waals surface area (Å²) >= 11 is 0. The minimum atomic E-state index is -3.38. The molecule has 0 bridgehead atoms. The number of carbonyl (C=O) groups excluding carboxylic acids is 1. The Labute approximate surface area is 123 Å². The number of Topliss-reactive ketones (excluding diaryl/α,β-unsaturated/α-hetero) is 1. The van der Waals surface area contributed by atoms with Gasteiger partial charge in [-0.05, 0) is 44.2 Å². The van der Waals surface area contributed by atoms with E-state index in [0.29, 0.717) is 17.2 Å². The van der Waals surface area contributed by atoms with Crippen molar-refractivity contribution in [2.75, 3.05) is 6.26 Å². The first-order chi connectivity index (χ1) is 9.79. The third-order valence-electron chi connectivity index (χ3n) is 2.94. The number of hydrogen-bond donors (Lipinski definition) is 0. The number of aryl methyl sites for hydroxylation is 1. The first-order valence-electron chi connectivity index (χ1n) is 6.23. The molecule has 0 spiro atoms. The van der Waals surface area contributed by atoms with Gasteiger partial charge in [0.25, 0.3) is 0 Å². The van der Waals surface area contributed by atoms with Gasteiger partial charge in [-0.15, -0.1) is 0 Å². The van der Waals surface area contributed by atoms with Crippen molar-refractivity contribution in [2.45, 2.75) is 18.7 Å². The fourth-order valence-electron chi connectivity index (χ4n) is 1.80. The minimum Gasteiger partial charge on any atom is -0.455 e. The maximum Gasteiger partial charge on any atom is 0.175 e. The average molecular weight is 305 g/mol. The highest BCUT2D eigenvalue weighted by molar-refractivity contribution is 7.90. The van der Waals surface area contributed by atoms with Gasteiger partial charge in [0.05, 0.1) is 16.2 Å². The van der Waals surface area contributed by atoms with E-state index in [1.165, 1.54) is 25.1 Å². The topological polar surface area (TPSA) is 73.3 Å². The van der Waals surface area contributed by atoms with Crippen molar-refractivity contribution >= 4 is 15.6 Å². The number of sulfone groups is 1. The molecule has 0 saturated heterocycles.